The van der Waals surface area contributed by atoms with E-state index in [1.54, 1.807) is 36.4 Å². The second-order valence-corrected chi connectivity index (χ2v) is 7.21. The van der Waals surface area contributed by atoms with Crippen molar-refractivity contribution in [3.05, 3.63) is 88.5 Å². The van der Waals surface area contributed by atoms with Gasteiger partial charge in [0.15, 0.2) is 12.4 Å². The Hall–Kier alpha value is -4.73. The number of nitro benzene ring substituents is 1. The van der Waals surface area contributed by atoms with Crippen molar-refractivity contribution in [2.75, 3.05) is 19.0 Å². The van der Waals surface area contributed by atoms with E-state index >= 15 is 0 Å². The van der Waals surface area contributed by atoms with Gasteiger partial charge in [0.05, 0.1) is 24.1 Å². The normalized spacial score (nSPS) is 10.2. The molecule has 0 aliphatic heterocycles. The second kappa shape index (κ2) is 11.9. The maximum Gasteiger partial charge on any atom is 0.306 e. The van der Waals surface area contributed by atoms with Gasteiger partial charge in [-0.2, -0.15) is 0 Å². The maximum absolute atomic E-state index is 12.3. The monoisotopic (exact) mass is 478 g/mol. The van der Waals surface area contributed by atoms with Crippen molar-refractivity contribution >= 4 is 29.0 Å². The van der Waals surface area contributed by atoms with Crippen LogP contribution in [0.2, 0.25) is 0 Å². The zero-order valence-corrected chi connectivity index (χ0v) is 18.8. The third kappa shape index (κ3) is 7.39. The first-order valence-electron chi connectivity index (χ1n) is 10.5. The molecule has 180 valence electrons. The highest BCUT2D eigenvalue weighted by Gasteiger charge is 2.13. The summed E-state index contributed by atoms with van der Waals surface area (Å²) >= 11 is 0. The molecule has 3 aromatic carbocycles. The van der Waals surface area contributed by atoms with Gasteiger partial charge in [0, 0.05) is 24.1 Å². The number of nitrogens with one attached hydrogen (secondary N) is 1. The summed E-state index contributed by atoms with van der Waals surface area (Å²) in [5, 5.41) is 13.4. The van der Waals surface area contributed by atoms with Gasteiger partial charge in [0.25, 0.3) is 5.69 Å². The fourth-order valence-corrected chi connectivity index (χ4v) is 2.96. The van der Waals surface area contributed by atoms with Crippen molar-refractivity contribution in [1.29, 1.82) is 0 Å². The zero-order chi connectivity index (χ0) is 25.2. The molecule has 0 radical (unpaired) electrons. The van der Waals surface area contributed by atoms with Gasteiger partial charge < -0.3 is 19.5 Å². The number of carbonyl (C=O) groups excluding carboxylic acids is 3. The van der Waals surface area contributed by atoms with Gasteiger partial charge in [-0.25, -0.2) is 0 Å². The Morgan fingerprint density at radius 1 is 0.886 bits per heavy atom. The summed E-state index contributed by atoms with van der Waals surface area (Å²) in [5.41, 5.74) is 0.747. The standard InChI is InChI=1S/C25H22N2O8/c1-33-23-5-3-2-4-21(23)26-24(29)14-15-25(30)34-16-22(28)17-6-10-19(11-7-17)35-20-12-8-18(9-13-20)27(31)32/h2-13H,14-16H2,1H3,(H,26,29). The van der Waals surface area contributed by atoms with Crippen LogP contribution in [-0.2, 0) is 14.3 Å². The Balaban J connectivity index is 1.42. The molecule has 0 unspecified atom stereocenters. The molecule has 0 aliphatic carbocycles. The smallest absolute Gasteiger partial charge is 0.306 e. The van der Waals surface area contributed by atoms with Crippen molar-refractivity contribution in [2.45, 2.75) is 12.8 Å². The Morgan fingerprint density at radius 3 is 2.14 bits per heavy atom. The van der Waals surface area contributed by atoms with E-state index in [0.29, 0.717) is 28.5 Å². The molecule has 0 atom stereocenters. The van der Waals surface area contributed by atoms with Crippen molar-refractivity contribution in [3.63, 3.8) is 0 Å². The highest BCUT2D eigenvalue weighted by atomic mass is 16.6. The predicted octanol–water partition coefficient (Wildman–Crippen LogP) is 4.54. The maximum atomic E-state index is 12.3. The first-order valence-corrected chi connectivity index (χ1v) is 10.5. The number of ketones is 1. The van der Waals surface area contributed by atoms with E-state index in [1.165, 1.54) is 43.5 Å². The quantitative estimate of drug-likeness (QED) is 0.184. The lowest BCUT2D eigenvalue weighted by Gasteiger charge is -2.09. The van der Waals surface area contributed by atoms with E-state index in [0.717, 1.165) is 0 Å². The summed E-state index contributed by atoms with van der Waals surface area (Å²) in [5.74, 6) is -0.156. The van der Waals surface area contributed by atoms with Gasteiger partial charge in [-0.15, -0.1) is 0 Å². The molecule has 1 amide bonds. The van der Waals surface area contributed by atoms with Crippen LogP contribution in [0.5, 0.6) is 17.2 Å². The first-order chi connectivity index (χ1) is 16.9. The fraction of sp³-hybridized carbons (Fsp3) is 0.160. The van der Waals surface area contributed by atoms with Crippen molar-refractivity contribution in [1.82, 2.24) is 0 Å². The number of esters is 1. The number of para-hydroxylation sites is 2. The lowest BCUT2D eigenvalue weighted by molar-refractivity contribution is -0.384. The van der Waals surface area contributed by atoms with E-state index < -0.39 is 23.3 Å². The van der Waals surface area contributed by atoms with E-state index in [-0.39, 0.29) is 24.4 Å². The minimum absolute atomic E-state index is 0.0510. The van der Waals surface area contributed by atoms with Crippen molar-refractivity contribution in [3.8, 4) is 17.2 Å². The summed E-state index contributed by atoms with van der Waals surface area (Å²) in [6.45, 7) is -0.463. The summed E-state index contributed by atoms with van der Waals surface area (Å²) in [7, 11) is 1.49. The molecule has 10 nitrogen and oxygen atoms in total. The average Bonchev–Trinajstić information content (AvgIpc) is 2.87. The molecule has 0 bridgehead atoms. The number of benzene rings is 3. The number of rotatable bonds is 11. The second-order valence-electron chi connectivity index (χ2n) is 7.21. The molecule has 0 saturated heterocycles. The molecule has 0 aliphatic rings. The minimum atomic E-state index is -0.674. The summed E-state index contributed by atoms with van der Waals surface area (Å²) in [6, 6.07) is 18.6. The van der Waals surface area contributed by atoms with Crippen LogP contribution in [-0.4, -0.2) is 36.3 Å². The van der Waals surface area contributed by atoms with Crippen LogP contribution in [0.25, 0.3) is 0 Å². The molecule has 10 heteroatoms. The van der Waals surface area contributed by atoms with E-state index in [2.05, 4.69) is 5.32 Å². The highest BCUT2D eigenvalue weighted by Crippen LogP contribution is 2.25. The number of amides is 1. The van der Waals surface area contributed by atoms with Crippen LogP contribution in [0.4, 0.5) is 11.4 Å². The van der Waals surface area contributed by atoms with Crippen LogP contribution >= 0.6 is 0 Å². The highest BCUT2D eigenvalue weighted by molar-refractivity contribution is 5.98. The molecular weight excluding hydrogens is 456 g/mol. The Labute approximate surface area is 200 Å². The molecule has 0 saturated carbocycles. The third-order valence-electron chi connectivity index (χ3n) is 4.76. The van der Waals surface area contributed by atoms with Gasteiger partial charge >= 0.3 is 5.97 Å². The Kier molecular flexibility index (Phi) is 8.49. The molecule has 0 fully saturated rings. The zero-order valence-electron chi connectivity index (χ0n) is 18.8. The number of nitro groups is 1. The van der Waals surface area contributed by atoms with Gasteiger partial charge in [-0.3, -0.25) is 24.5 Å². The van der Waals surface area contributed by atoms with Crippen LogP contribution in [0.3, 0.4) is 0 Å². The molecular formula is C25H22N2O8. The molecule has 3 aromatic rings. The summed E-state index contributed by atoms with van der Waals surface area (Å²) in [4.78, 5) is 46.5. The minimum Gasteiger partial charge on any atom is -0.495 e. The third-order valence-corrected chi connectivity index (χ3v) is 4.76. The van der Waals surface area contributed by atoms with Crippen molar-refractivity contribution < 1.29 is 33.5 Å². The number of Topliss-reactive ketones (excluding diaryl/α,β-unsaturated/α-hetero) is 1. The largest absolute Gasteiger partial charge is 0.495 e. The number of hydrogen-bond acceptors (Lipinski definition) is 8. The van der Waals surface area contributed by atoms with E-state index in [1.807, 2.05) is 0 Å². The number of hydrogen-bond donors (Lipinski definition) is 1. The van der Waals surface area contributed by atoms with Crippen LogP contribution < -0.4 is 14.8 Å². The predicted molar refractivity (Wildman–Crippen MR) is 126 cm³/mol. The number of methoxy groups -OCH3 is 1. The molecule has 35 heavy (non-hydrogen) atoms. The van der Waals surface area contributed by atoms with Crippen molar-refractivity contribution in [2.24, 2.45) is 0 Å². The molecule has 1 N–H and O–H groups in total. The van der Waals surface area contributed by atoms with Gasteiger partial charge in [-0.1, -0.05) is 12.1 Å². The molecule has 0 spiro atoms. The van der Waals surface area contributed by atoms with Crippen LogP contribution in [0.1, 0.15) is 23.2 Å². The molecule has 0 heterocycles. The lowest BCUT2D eigenvalue weighted by Crippen LogP contribution is -2.17. The lowest BCUT2D eigenvalue weighted by atomic mass is 10.1. The van der Waals surface area contributed by atoms with E-state index in [4.69, 9.17) is 14.2 Å². The van der Waals surface area contributed by atoms with Gasteiger partial charge in [0.1, 0.15) is 17.2 Å². The van der Waals surface area contributed by atoms with Crippen LogP contribution in [0, 0.1) is 10.1 Å². The number of ether oxygens (including phenoxy) is 3. The number of anilines is 1. The fourth-order valence-electron chi connectivity index (χ4n) is 2.96. The average molecular weight is 478 g/mol. The number of carbonyl (C=O) groups is 3. The molecule has 3 rings (SSSR count). The van der Waals surface area contributed by atoms with E-state index in [9.17, 15) is 24.5 Å². The summed E-state index contributed by atoms with van der Waals surface area (Å²) in [6.07, 6.45) is -0.296. The van der Waals surface area contributed by atoms with Crippen LogP contribution in [0.15, 0.2) is 72.8 Å². The number of nitrogens with zero attached hydrogens (tertiary/aromatic N) is 1. The molecule has 0 aromatic heterocycles. The Morgan fingerprint density at radius 2 is 1.51 bits per heavy atom. The first kappa shape index (κ1) is 24.9. The summed E-state index contributed by atoms with van der Waals surface area (Å²) < 4.78 is 15.7. The van der Waals surface area contributed by atoms with Gasteiger partial charge in [0.2, 0.25) is 5.91 Å². The SMILES string of the molecule is COc1ccccc1NC(=O)CCC(=O)OCC(=O)c1ccc(Oc2ccc([N+](=O)[O-])cc2)cc1. The number of non-ortho nitro benzene ring substituents is 1. The Bertz CT molecular complexity index is 1210. The van der Waals surface area contributed by atoms with Gasteiger partial charge in [-0.05, 0) is 48.5 Å². The topological polar surface area (TPSA) is 134 Å².